The fourth-order valence-corrected chi connectivity index (χ4v) is 2.51. The summed E-state index contributed by atoms with van der Waals surface area (Å²) in [6.07, 6.45) is 1.45. The lowest BCUT2D eigenvalue weighted by molar-refractivity contribution is 0.380. The molecule has 100 valence electrons. The van der Waals surface area contributed by atoms with E-state index in [4.69, 9.17) is 22.5 Å². The average molecular weight is 297 g/mol. The Morgan fingerprint density at radius 2 is 2.00 bits per heavy atom. The normalized spacial score (nSPS) is 11.4. The first-order valence-electron chi connectivity index (χ1n) is 5.28. The first kappa shape index (κ1) is 13.7. The standard InChI is InChI=1S/C11H11N3O3S2/c12-11(18)8-1-3-10(4-2-8)19(15,16)14-7-9-5-6-13-17-9/h1-6,14H,7H2,(H2,12,18). The highest BCUT2D eigenvalue weighted by molar-refractivity contribution is 7.89. The van der Waals surface area contributed by atoms with E-state index in [1.165, 1.54) is 18.3 Å². The molecule has 1 heterocycles. The third-order valence-electron chi connectivity index (χ3n) is 2.38. The molecule has 0 aliphatic rings. The summed E-state index contributed by atoms with van der Waals surface area (Å²) in [7, 11) is -3.60. The SMILES string of the molecule is NC(=S)c1ccc(S(=O)(=O)NCc2ccno2)cc1. The maximum Gasteiger partial charge on any atom is 0.240 e. The largest absolute Gasteiger partial charge is 0.389 e. The molecule has 0 radical (unpaired) electrons. The average Bonchev–Trinajstić information content (AvgIpc) is 2.90. The van der Waals surface area contributed by atoms with Crippen LogP contribution in [0.25, 0.3) is 0 Å². The Kier molecular flexibility index (Phi) is 3.93. The molecule has 0 unspecified atom stereocenters. The van der Waals surface area contributed by atoms with E-state index in [1.807, 2.05) is 0 Å². The second-order valence-electron chi connectivity index (χ2n) is 3.69. The summed E-state index contributed by atoms with van der Waals surface area (Å²) < 4.78 is 31.1. The van der Waals surface area contributed by atoms with Gasteiger partial charge in [0.15, 0.2) is 5.76 Å². The summed E-state index contributed by atoms with van der Waals surface area (Å²) in [4.78, 5) is 0.352. The molecule has 6 nitrogen and oxygen atoms in total. The van der Waals surface area contributed by atoms with E-state index < -0.39 is 10.0 Å². The Labute approximate surface area is 115 Å². The Morgan fingerprint density at radius 1 is 1.32 bits per heavy atom. The van der Waals surface area contributed by atoms with Gasteiger partial charge in [-0.3, -0.25) is 0 Å². The van der Waals surface area contributed by atoms with E-state index in [-0.39, 0.29) is 16.4 Å². The van der Waals surface area contributed by atoms with Crippen molar-refractivity contribution in [2.24, 2.45) is 5.73 Å². The second-order valence-corrected chi connectivity index (χ2v) is 5.90. The van der Waals surface area contributed by atoms with Gasteiger partial charge in [-0.15, -0.1) is 0 Å². The minimum Gasteiger partial charge on any atom is -0.389 e. The van der Waals surface area contributed by atoms with Gasteiger partial charge in [0, 0.05) is 11.6 Å². The smallest absolute Gasteiger partial charge is 0.240 e. The van der Waals surface area contributed by atoms with Crippen LogP contribution in [0.5, 0.6) is 0 Å². The van der Waals surface area contributed by atoms with Gasteiger partial charge in [-0.05, 0) is 12.1 Å². The fraction of sp³-hybridized carbons (Fsp3) is 0.0909. The number of nitrogens with zero attached hydrogens (tertiary/aromatic N) is 1. The summed E-state index contributed by atoms with van der Waals surface area (Å²) in [5.74, 6) is 0.434. The molecular weight excluding hydrogens is 286 g/mol. The molecule has 0 saturated carbocycles. The summed E-state index contributed by atoms with van der Waals surface area (Å²) in [6.45, 7) is 0.0411. The number of benzene rings is 1. The van der Waals surface area contributed by atoms with E-state index in [1.54, 1.807) is 18.2 Å². The minimum atomic E-state index is -3.60. The van der Waals surface area contributed by atoms with E-state index in [0.29, 0.717) is 11.3 Å². The fourth-order valence-electron chi connectivity index (χ4n) is 1.38. The Hall–Kier alpha value is -1.77. The van der Waals surface area contributed by atoms with Crippen molar-refractivity contribution in [3.8, 4) is 0 Å². The van der Waals surface area contributed by atoms with Gasteiger partial charge in [-0.2, -0.15) is 0 Å². The number of nitrogens with one attached hydrogen (secondary N) is 1. The Balaban J connectivity index is 2.13. The van der Waals surface area contributed by atoms with Crippen molar-refractivity contribution in [1.29, 1.82) is 0 Å². The van der Waals surface area contributed by atoms with Crippen LogP contribution in [-0.4, -0.2) is 18.6 Å². The van der Waals surface area contributed by atoms with E-state index >= 15 is 0 Å². The van der Waals surface area contributed by atoms with E-state index in [0.717, 1.165) is 0 Å². The van der Waals surface area contributed by atoms with Crippen LogP contribution in [0.3, 0.4) is 0 Å². The van der Waals surface area contributed by atoms with Crippen molar-refractivity contribution in [3.05, 3.63) is 47.9 Å². The molecule has 19 heavy (non-hydrogen) atoms. The highest BCUT2D eigenvalue weighted by Crippen LogP contribution is 2.11. The molecule has 0 aliphatic heterocycles. The molecule has 0 aliphatic carbocycles. The predicted molar refractivity (Wildman–Crippen MR) is 72.9 cm³/mol. The Morgan fingerprint density at radius 3 is 2.53 bits per heavy atom. The van der Waals surface area contributed by atoms with Crippen LogP contribution in [0.4, 0.5) is 0 Å². The van der Waals surface area contributed by atoms with Crippen molar-refractivity contribution in [2.45, 2.75) is 11.4 Å². The molecular formula is C11H11N3O3S2. The van der Waals surface area contributed by atoms with Crippen LogP contribution in [0.1, 0.15) is 11.3 Å². The molecule has 0 spiro atoms. The minimum absolute atomic E-state index is 0.0411. The molecule has 1 aromatic carbocycles. The third kappa shape index (κ3) is 3.37. The zero-order chi connectivity index (χ0) is 13.9. The molecule has 1 aromatic heterocycles. The molecule has 0 saturated heterocycles. The molecule has 0 amide bonds. The summed E-state index contributed by atoms with van der Waals surface area (Å²) in [6, 6.07) is 7.59. The van der Waals surface area contributed by atoms with Crippen molar-refractivity contribution in [2.75, 3.05) is 0 Å². The highest BCUT2D eigenvalue weighted by atomic mass is 32.2. The summed E-state index contributed by atoms with van der Waals surface area (Å²) >= 11 is 4.80. The monoisotopic (exact) mass is 297 g/mol. The lowest BCUT2D eigenvalue weighted by Gasteiger charge is -2.05. The number of aromatic nitrogens is 1. The van der Waals surface area contributed by atoms with Gasteiger partial charge in [-0.1, -0.05) is 29.5 Å². The quantitative estimate of drug-likeness (QED) is 0.792. The molecule has 8 heteroatoms. The van der Waals surface area contributed by atoms with Crippen LogP contribution >= 0.6 is 12.2 Å². The molecule has 3 N–H and O–H groups in total. The molecule has 2 aromatic rings. The van der Waals surface area contributed by atoms with Gasteiger partial charge in [0.25, 0.3) is 0 Å². The highest BCUT2D eigenvalue weighted by Gasteiger charge is 2.14. The van der Waals surface area contributed by atoms with Crippen LogP contribution in [0.15, 0.2) is 45.9 Å². The lowest BCUT2D eigenvalue weighted by atomic mass is 10.2. The number of rotatable bonds is 5. The molecule has 0 atom stereocenters. The zero-order valence-corrected chi connectivity index (χ0v) is 11.4. The summed E-state index contributed by atoms with van der Waals surface area (Å²) in [5, 5.41) is 3.49. The van der Waals surface area contributed by atoms with Crippen LogP contribution in [-0.2, 0) is 16.6 Å². The van der Waals surface area contributed by atoms with Gasteiger partial charge >= 0.3 is 0 Å². The second kappa shape index (κ2) is 5.47. The van der Waals surface area contributed by atoms with Crippen molar-refractivity contribution in [3.63, 3.8) is 0 Å². The molecule has 0 fully saturated rings. The lowest BCUT2D eigenvalue weighted by Crippen LogP contribution is -2.23. The number of hydrogen-bond acceptors (Lipinski definition) is 5. The third-order valence-corrected chi connectivity index (χ3v) is 4.03. The maximum atomic E-state index is 12.0. The van der Waals surface area contributed by atoms with Crippen LogP contribution in [0.2, 0.25) is 0 Å². The van der Waals surface area contributed by atoms with Crippen molar-refractivity contribution >= 4 is 27.2 Å². The van der Waals surface area contributed by atoms with Gasteiger partial charge in [0.1, 0.15) is 4.99 Å². The zero-order valence-electron chi connectivity index (χ0n) is 9.74. The first-order valence-corrected chi connectivity index (χ1v) is 7.17. The van der Waals surface area contributed by atoms with Crippen LogP contribution in [0, 0.1) is 0 Å². The Bertz CT molecular complexity index is 664. The molecule has 0 bridgehead atoms. The van der Waals surface area contributed by atoms with Gasteiger partial charge in [0.05, 0.1) is 17.6 Å². The number of thiocarbonyl (C=S) groups is 1. The summed E-state index contributed by atoms with van der Waals surface area (Å²) in [5.41, 5.74) is 6.06. The van der Waals surface area contributed by atoms with Gasteiger partial charge < -0.3 is 10.3 Å². The van der Waals surface area contributed by atoms with Crippen molar-refractivity contribution in [1.82, 2.24) is 9.88 Å². The maximum absolute atomic E-state index is 12.0. The number of sulfonamides is 1. The van der Waals surface area contributed by atoms with Crippen LogP contribution < -0.4 is 10.5 Å². The van der Waals surface area contributed by atoms with E-state index in [2.05, 4.69) is 9.88 Å². The van der Waals surface area contributed by atoms with Gasteiger partial charge in [0.2, 0.25) is 10.0 Å². The number of nitrogens with two attached hydrogens (primary N) is 1. The molecule has 2 rings (SSSR count). The topological polar surface area (TPSA) is 98.2 Å². The first-order chi connectivity index (χ1) is 8.99. The number of hydrogen-bond donors (Lipinski definition) is 2. The van der Waals surface area contributed by atoms with Gasteiger partial charge in [-0.25, -0.2) is 13.1 Å². The van der Waals surface area contributed by atoms with Crippen molar-refractivity contribution < 1.29 is 12.9 Å². The predicted octanol–water partition coefficient (Wildman–Crippen LogP) is 0.787. The van der Waals surface area contributed by atoms with E-state index in [9.17, 15) is 8.42 Å².